The molecule has 1 aromatic rings. The fourth-order valence-corrected chi connectivity index (χ4v) is 2.50. The molecule has 0 radical (unpaired) electrons. The van der Waals surface area contributed by atoms with Gasteiger partial charge in [0.15, 0.2) is 14.9 Å². The molecule has 4 nitrogen and oxygen atoms in total. The van der Waals surface area contributed by atoms with E-state index in [2.05, 4.69) is 17.2 Å². The van der Waals surface area contributed by atoms with Gasteiger partial charge in [0.2, 0.25) is 0 Å². The summed E-state index contributed by atoms with van der Waals surface area (Å²) in [5.41, 5.74) is 0.893. The van der Waals surface area contributed by atoms with E-state index >= 15 is 0 Å². The minimum atomic E-state index is -3.19. The van der Waals surface area contributed by atoms with Crippen molar-refractivity contribution in [3.63, 3.8) is 0 Å². The monoisotopic (exact) mass is 240 g/mol. The molecule has 1 fully saturated rings. The molecule has 0 amide bonds. The Morgan fingerprint density at radius 1 is 1.38 bits per heavy atom. The number of rotatable bonds is 3. The number of hydrogen-bond donors (Lipinski definition) is 1. The molecule has 0 unspecified atom stereocenters. The average molecular weight is 240 g/mol. The fraction of sp³-hybridized carbons (Fsp3) is 0.545. The second-order valence-corrected chi connectivity index (χ2v) is 6.54. The average Bonchev–Trinajstić information content (AvgIpc) is 2.15. The number of sulfone groups is 1. The van der Waals surface area contributed by atoms with E-state index < -0.39 is 9.84 Å². The molecule has 5 heteroatoms. The highest BCUT2D eigenvalue weighted by Gasteiger charge is 2.24. The van der Waals surface area contributed by atoms with Crippen LogP contribution in [0.2, 0.25) is 0 Å². The van der Waals surface area contributed by atoms with Gasteiger partial charge in [-0.05, 0) is 30.9 Å². The van der Waals surface area contributed by atoms with E-state index in [0.29, 0.717) is 6.04 Å². The van der Waals surface area contributed by atoms with Crippen LogP contribution in [0.4, 0.5) is 5.69 Å². The van der Waals surface area contributed by atoms with E-state index in [-0.39, 0.29) is 5.03 Å². The Kier molecular flexibility index (Phi) is 2.88. The molecule has 0 spiro atoms. The van der Waals surface area contributed by atoms with E-state index in [4.69, 9.17) is 0 Å². The van der Waals surface area contributed by atoms with Crippen molar-refractivity contribution in [2.24, 2.45) is 5.92 Å². The minimum absolute atomic E-state index is 0.125. The Balaban J connectivity index is 2.03. The SMILES string of the molecule is CC1CC(Nc2ccc(S(C)(=O)=O)nc2)C1. The molecule has 0 bridgehead atoms. The van der Waals surface area contributed by atoms with Gasteiger partial charge in [0.25, 0.3) is 0 Å². The maximum atomic E-state index is 11.2. The molecule has 88 valence electrons. The van der Waals surface area contributed by atoms with Crippen LogP contribution in [0.25, 0.3) is 0 Å². The minimum Gasteiger partial charge on any atom is -0.381 e. The van der Waals surface area contributed by atoms with Crippen LogP contribution in [0.5, 0.6) is 0 Å². The Morgan fingerprint density at radius 3 is 2.50 bits per heavy atom. The Labute approximate surface area is 96.0 Å². The summed E-state index contributed by atoms with van der Waals surface area (Å²) in [4.78, 5) is 3.93. The number of pyridine rings is 1. The zero-order valence-corrected chi connectivity index (χ0v) is 10.3. The summed E-state index contributed by atoms with van der Waals surface area (Å²) in [6.45, 7) is 2.23. The fourth-order valence-electron chi connectivity index (χ4n) is 1.94. The first kappa shape index (κ1) is 11.4. The van der Waals surface area contributed by atoms with Crippen LogP contribution in [0.1, 0.15) is 19.8 Å². The molecule has 1 aromatic heterocycles. The topological polar surface area (TPSA) is 59.1 Å². The number of hydrogen-bond acceptors (Lipinski definition) is 4. The van der Waals surface area contributed by atoms with Crippen molar-refractivity contribution in [1.82, 2.24) is 4.98 Å². The predicted molar refractivity (Wildman–Crippen MR) is 63.2 cm³/mol. The maximum absolute atomic E-state index is 11.2. The van der Waals surface area contributed by atoms with Gasteiger partial charge in [0.1, 0.15) is 0 Å². The quantitative estimate of drug-likeness (QED) is 0.873. The second kappa shape index (κ2) is 4.05. The van der Waals surface area contributed by atoms with E-state index in [1.165, 1.54) is 12.8 Å². The van der Waals surface area contributed by atoms with Gasteiger partial charge >= 0.3 is 0 Å². The molecule has 0 atom stereocenters. The van der Waals surface area contributed by atoms with Crippen LogP contribution in [0, 0.1) is 5.92 Å². The normalized spacial score (nSPS) is 24.9. The molecule has 16 heavy (non-hydrogen) atoms. The van der Waals surface area contributed by atoms with Crippen LogP contribution in [-0.2, 0) is 9.84 Å². The summed E-state index contributed by atoms with van der Waals surface area (Å²) in [5, 5.41) is 3.46. The summed E-state index contributed by atoms with van der Waals surface area (Å²) < 4.78 is 22.4. The molecule has 2 rings (SSSR count). The Hall–Kier alpha value is -1.10. The van der Waals surface area contributed by atoms with E-state index in [1.807, 2.05) is 0 Å². The molecule has 1 aliphatic carbocycles. The van der Waals surface area contributed by atoms with Gasteiger partial charge in [-0.3, -0.25) is 0 Å². The lowest BCUT2D eigenvalue weighted by Crippen LogP contribution is -2.33. The van der Waals surface area contributed by atoms with Crippen LogP contribution in [0.3, 0.4) is 0 Å². The van der Waals surface area contributed by atoms with Crippen LogP contribution in [-0.4, -0.2) is 25.7 Å². The van der Waals surface area contributed by atoms with Crippen molar-refractivity contribution in [2.75, 3.05) is 11.6 Å². The molecule has 1 N–H and O–H groups in total. The first-order chi connectivity index (χ1) is 7.45. The molecule has 1 heterocycles. The van der Waals surface area contributed by atoms with Gasteiger partial charge in [-0.25, -0.2) is 13.4 Å². The molecule has 0 aliphatic heterocycles. The first-order valence-corrected chi connectivity index (χ1v) is 7.27. The third kappa shape index (κ3) is 2.52. The lowest BCUT2D eigenvalue weighted by atomic mass is 9.82. The van der Waals surface area contributed by atoms with Crippen molar-refractivity contribution in [3.8, 4) is 0 Å². The highest BCUT2D eigenvalue weighted by molar-refractivity contribution is 7.90. The van der Waals surface area contributed by atoms with Crippen LogP contribution in [0.15, 0.2) is 23.4 Å². The number of nitrogens with one attached hydrogen (secondary N) is 1. The van der Waals surface area contributed by atoms with Crippen molar-refractivity contribution in [2.45, 2.75) is 30.8 Å². The van der Waals surface area contributed by atoms with E-state index in [9.17, 15) is 8.42 Å². The van der Waals surface area contributed by atoms with Crippen molar-refractivity contribution >= 4 is 15.5 Å². The summed E-state index contributed by atoms with van der Waals surface area (Å²) in [6.07, 6.45) is 5.09. The molecule has 0 aromatic carbocycles. The van der Waals surface area contributed by atoms with Crippen molar-refractivity contribution < 1.29 is 8.42 Å². The molecule has 1 saturated carbocycles. The van der Waals surface area contributed by atoms with Gasteiger partial charge in [-0.1, -0.05) is 6.92 Å². The van der Waals surface area contributed by atoms with Gasteiger partial charge in [-0.2, -0.15) is 0 Å². The molecular formula is C11H16N2O2S. The Morgan fingerprint density at radius 2 is 2.06 bits per heavy atom. The van der Waals surface area contributed by atoms with Gasteiger partial charge < -0.3 is 5.32 Å². The largest absolute Gasteiger partial charge is 0.381 e. The van der Waals surface area contributed by atoms with E-state index in [1.54, 1.807) is 18.3 Å². The summed E-state index contributed by atoms with van der Waals surface area (Å²) in [7, 11) is -3.19. The summed E-state index contributed by atoms with van der Waals surface area (Å²) >= 11 is 0. The van der Waals surface area contributed by atoms with Gasteiger partial charge in [0, 0.05) is 12.3 Å². The predicted octanol–water partition coefficient (Wildman–Crippen LogP) is 1.70. The summed E-state index contributed by atoms with van der Waals surface area (Å²) in [6, 6.07) is 3.83. The third-order valence-electron chi connectivity index (χ3n) is 2.86. The second-order valence-electron chi connectivity index (χ2n) is 4.58. The van der Waals surface area contributed by atoms with Gasteiger partial charge in [-0.15, -0.1) is 0 Å². The lowest BCUT2D eigenvalue weighted by Gasteiger charge is -2.33. The number of aromatic nitrogens is 1. The first-order valence-electron chi connectivity index (χ1n) is 5.38. The van der Waals surface area contributed by atoms with E-state index in [0.717, 1.165) is 17.9 Å². The molecular weight excluding hydrogens is 224 g/mol. The van der Waals surface area contributed by atoms with Crippen molar-refractivity contribution in [3.05, 3.63) is 18.3 Å². The zero-order valence-electron chi connectivity index (χ0n) is 9.47. The van der Waals surface area contributed by atoms with Crippen LogP contribution < -0.4 is 5.32 Å². The maximum Gasteiger partial charge on any atom is 0.192 e. The number of anilines is 1. The summed E-state index contributed by atoms with van der Waals surface area (Å²) in [5.74, 6) is 0.792. The number of nitrogens with zero attached hydrogens (tertiary/aromatic N) is 1. The van der Waals surface area contributed by atoms with Crippen molar-refractivity contribution in [1.29, 1.82) is 0 Å². The Bertz CT molecular complexity index is 461. The highest BCUT2D eigenvalue weighted by atomic mass is 32.2. The van der Waals surface area contributed by atoms with Crippen LogP contribution >= 0.6 is 0 Å². The van der Waals surface area contributed by atoms with Gasteiger partial charge in [0.05, 0.1) is 11.9 Å². The zero-order chi connectivity index (χ0) is 11.8. The highest BCUT2D eigenvalue weighted by Crippen LogP contribution is 2.29. The standard InChI is InChI=1S/C11H16N2O2S/c1-8-5-10(6-8)13-9-3-4-11(12-7-9)16(2,14)15/h3-4,7-8,10,13H,5-6H2,1-2H3. The smallest absolute Gasteiger partial charge is 0.192 e. The molecule has 1 aliphatic rings. The third-order valence-corrected chi connectivity index (χ3v) is 3.86. The lowest BCUT2D eigenvalue weighted by molar-refractivity contribution is 0.309. The molecule has 0 saturated heterocycles.